The van der Waals surface area contributed by atoms with Gasteiger partial charge < -0.3 is 19.0 Å². The molecule has 1 aromatic carbocycles. The van der Waals surface area contributed by atoms with Crippen LogP contribution in [-0.2, 0) is 0 Å². The summed E-state index contributed by atoms with van der Waals surface area (Å²) >= 11 is 0. The summed E-state index contributed by atoms with van der Waals surface area (Å²) in [6.45, 7) is 6.19. The molecule has 5 rings (SSSR count). The monoisotopic (exact) mass is 458 g/mol. The average molecular weight is 459 g/mol. The molecule has 1 amide bonds. The normalized spacial score (nSPS) is 14.4. The Balaban J connectivity index is 1.55. The van der Waals surface area contributed by atoms with Crippen LogP contribution in [0.15, 0.2) is 65.5 Å². The van der Waals surface area contributed by atoms with Gasteiger partial charge in [0.2, 0.25) is 0 Å². The molecule has 1 aliphatic heterocycles. The maximum atomic E-state index is 13.5. The van der Waals surface area contributed by atoms with Crippen molar-refractivity contribution in [2.75, 3.05) is 39.8 Å². The van der Waals surface area contributed by atoms with E-state index < -0.39 is 0 Å². The third-order valence-corrected chi connectivity index (χ3v) is 6.08. The van der Waals surface area contributed by atoms with Crippen LogP contribution in [0.3, 0.4) is 0 Å². The lowest BCUT2D eigenvalue weighted by Gasteiger charge is -2.34. The lowest BCUT2D eigenvalue weighted by molar-refractivity contribution is 0.0644. The molecule has 1 fully saturated rings. The molecule has 1 saturated heterocycles. The molecule has 0 radical (unpaired) electrons. The molecule has 0 saturated carbocycles. The summed E-state index contributed by atoms with van der Waals surface area (Å²) in [5.41, 5.74) is 2.52. The highest BCUT2D eigenvalue weighted by Crippen LogP contribution is 2.30. The number of carbonyl (C=O) groups is 1. The van der Waals surface area contributed by atoms with Gasteiger partial charge in [-0.3, -0.25) is 4.79 Å². The number of amides is 1. The van der Waals surface area contributed by atoms with Crippen LogP contribution in [0.5, 0.6) is 5.75 Å². The number of para-hydroxylation sites is 1. The number of carbonyl (C=O) groups excluding carboxylic acids is 1. The van der Waals surface area contributed by atoms with Gasteiger partial charge in [0.15, 0.2) is 5.76 Å². The zero-order valence-electron chi connectivity index (χ0n) is 19.2. The van der Waals surface area contributed by atoms with Crippen LogP contribution < -0.4 is 4.74 Å². The predicted molar refractivity (Wildman–Crippen MR) is 127 cm³/mol. The van der Waals surface area contributed by atoms with Gasteiger partial charge in [-0.1, -0.05) is 19.1 Å². The molecule has 34 heavy (non-hydrogen) atoms. The van der Waals surface area contributed by atoms with Crippen molar-refractivity contribution in [3.63, 3.8) is 0 Å². The van der Waals surface area contributed by atoms with E-state index in [0.717, 1.165) is 25.2 Å². The van der Waals surface area contributed by atoms with Crippen LogP contribution in [0.4, 0.5) is 0 Å². The standard InChI is InChI=1S/C25H26N6O3/c1-3-29-12-14-30(15-13-29)24(32)19-17-27-31(23(19)22-9-6-16-34-22)25-26-11-10-20(28-25)18-7-4-5-8-21(18)33-2/h4-11,16-17H,3,12-15H2,1-2H3. The summed E-state index contributed by atoms with van der Waals surface area (Å²) in [5.74, 6) is 1.50. The molecule has 4 heterocycles. The molecule has 9 heteroatoms. The fourth-order valence-corrected chi connectivity index (χ4v) is 4.20. The van der Waals surface area contributed by atoms with Crippen LogP contribution in [-0.4, -0.2) is 75.3 Å². The minimum Gasteiger partial charge on any atom is -0.496 e. The Hall–Kier alpha value is -3.98. The van der Waals surface area contributed by atoms with Crippen LogP contribution in [0, 0.1) is 0 Å². The van der Waals surface area contributed by atoms with E-state index in [1.54, 1.807) is 36.5 Å². The van der Waals surface area contributed by atoms with E-state index in [9.17, 15) is 4.79 Å². The van der Waals surface area contributed by atoms with E-state index in [-0.39, 0.29) is 5.91 Å². The van der Waals surface area contributed by atoms with Crippen molar-refractivity contribution in [3.8, 4) is 34.4 Å². The van der Waals surface area contributed by atoms with Gasteiger partial charge in [0.1, 0.15) is 11.4 Å². The maximum Gasteiger partial charge on any atom is 0.257 e. The van der Waals surface area contributed by atoms with E-state index in [1.807, 2.05) is 41.3 Å². The Bertz CT molecular complexity index is 1280. The van der Waals surface area contributed by atoms with Gasteiger partial charge in [-0.15, -0.1) is 0 Å². The Labute approximate surface area is 197 Å². The van der Waals surface area contributed by atoms with Crippen molar-refractivity contribution in [1.29, 1.82) is 0 Å². The molecule has 0 N–H and O–H groups in total. The number of furan rings is 1. The van der Waals surface area contributed by atoms with E-state index in [0.29, 0.717) is 47.5 Å². The van der Waals surface area contributed by atoms with Gasteiger partial charge in [-0.05, 0) is 36.9 Å². The lowest BCUT2D eigenvalue weighted by Crippen LogP contribution is -2.48. The highest BCUT2D eigenvalue weighted by molar-refractivity contribution is 5.99. The third-order valence-electron chi connectivity index (χ3n) is 6.08. The van der Waals surface area contributed by atoms with E-state index >= 15 is 0 Å². The number of hydrogen-bond donors (Lipinski definition) is 0. The van der Waals surface area contributed by atoms with Crippen molar-refractivity contribution < 1.29 is 13.9 Å². The first-order valence-electron chi connectivity index (χ1n) is 11.3. The molecule has 0 bridgehead atoms. The average Bonchev–Trinajstić information content (AvgIpc) is 3.58. The Kier molecular flexibility index (Phi) is 6.09. The number of benzene rings is 1. The quantitative estimate of drug-likeness (QED) is 0.438. The highest BCUT2D eigenvalue weighted by Gasteiger charge is 2.28. The van der Waals surface area contributed by atoms with E-state index in [2.05, 4.69) is 21.9 Å². The molecular weight excluding hydrogens is 432 g/mol. The largest absolute Gasteiger partial charge is 0.496 e. The molecule has 9 nitrogen and oxygen atoms in total. The van der Waals surface area contributed by atoms with Crippen molar-refractivity contribution >= 4 is 5.91 Å². The summed E-state index contributed by atoms with van der Waals surface area (Å²) in [7, 11) is 1.63. The molecule has 4 aromatic rings. The number of nitrogens with zero attached hydrogens (tertiary/aromatic N) is 6. The SMILES string of the molecule is CCN1CCN(C(=O)c2cnn(-c3nccc(-c4ccccc4OC)n3)c2-c2ccco2)CC1. The molecule has 3 aromatic heterocycles. The van der Waals surface area contributed by atoms with E-state index in [1.165, 1.54) is 0 Å². The maximum absolute atomic E-state index is 13.5. The predicted octanol–water partition coefficient (Wildman–Crippen LogP) is 3.38. The molecular formula is C25H26N6O3. The molecule has 174 valence electrons. The van der Waals surface area contributed by atoms with Crippen molar-refractivity contribution in [2.45, 2.75) is 6.92 Å². The van der Waals surface area contributed by atoms with Gasteiger partial charge >= 0.3 is 0 Å². The zero-order chi connectivity index (χ0) is 23.5. The number of methoxy groups -OCH3 is 1. The van der Waals surface area contributed by atoms with Crippen molar-refractivity contribution in [1.82, 2.24) is 29.5 Å². The third kappa shape index (κ3) is 4.06. The van der Waals surface area contributed by atoms with Gasteiger partial charge in [0, 0.05) is 37.9 Å². The molecule has 0 unspecified atom stereocenters. The summed E-state index contributed by atoms with van der Waals surface area (Å²) in [6.07, 6.45) is 4.82. The summed E-state index contributed by atoms with van der Waals surface area (Å²) < 4.78 is 12.7. The number of ether oxygens (including phenoxy) is 1. The van der Waals surface area contributed by atoms with Crippen molar-refractivity contribution in [2.24, 2.45) is 0 Å². The zero-order valence-corrected chi connectivity index (χ0v) is 19.2. The minimum absolute atomic E-state index is 0.0747. The molecule has 0 atom stereocenters. The minimum atomic E-state index is -0.0747. The summed E-state index contributed by atoms with van der Waals surface area (Å²) in [4.78, 5) is 26.9. The van der Waals surface area contributed by atoms with Crippen LogP contribution in [0.1, 0.15) is 17.3 Å². The second-order valence-corrected chi connectivity index (χ2v) is 7.96. The number of piperazine rings is 1. The summed E-state index contributed by atoms with van der Waals surface area (Å²) in [5, 5.41) is 4.51. The van der Waals surface area contributed by atoms with Crippen LogP contribution in [0.25, 0.3) is 28.7 Å². The summed E-state index contributed by atoms with van der Waals surface area (Å²) in [6, 6.07) is 13.1. The number of aromatic nitrogens is 4. The van der Waals surface area contributed by atoms with Gasteiger partial charge in [0.05, 0.1) is 30.8 Å². The van der Waals surface area contributed by atoms with E-state index in [4.69, 9.17) is 14.1 Å². The Morgan fingerprint density at radius 3 is 2.65 bits per heavy atom. The highest BCUT2D eigenvalue weighted by atomic mass is 16.5. The van der Waals surface area contributed by atoms with Crippen LogP contribution in [0.2, 0.25) is 0 Å². The Morgan fingerprint density at radius 1 is 1.09 bits per heavy atom. The fourth-order valence-electron chi connectivity index (χ4n) is 4.20. The second kappa shape index (κ2) is 9.48. The topological polar surface area (TPSA) is 89.5 Å². The van der Waals surface area contributed by atoms with Gasteiger partial charge in [0.25, 0.3) is 11.9 Å². The van der Waals surface area contributed by atoms with Crippen LogP contribution >= 0.6 is 0 Å². The first-order chi connectivity index (χ1) is 16.7. The van der Waals surface area contributed by atoms with Crippen molar-refractivity contribution in [3.05, 3.63) is 66.7 Å². The second-order valence-electron chi connectivity index (χ2n) is 7.96. The van der Waals surface area contributed by atoms with Gasteiger partial charge in [-0.2, -0.15) is 9.78 Å². The molecule has 0 aliphatic carbocycles. The number of likely N-dealkylation sites (N-methyl/N-ethyl adjacent to an activating group) is 1. The van der Waals surface area contributed by atoms with Gasteiger partial charge in [-0.25, -0.2) is 9.97 Å². The molecule has 1 aliphatic rings. The fraction of sp³-hybridized carbons (Fsp3) is 0.280. The first kappa shape index (κ1) is 21.8. The number of rotatable bonds is 6. The smallest absolute Gasteiger partial charge is 0.257 e. The Morgan fingerprint density at radius 2 is 1.91 bits per heavy atom. The lowest BCUT2D eigenvalue weighted by atomic mass is 10.1. The molecule has 0 spiro atoms. The first-order valence-corrected chi connectivity index (χ1v) is 11.3. The number of hydrogen-bond acceptors (Lipinski definition) is 7.